The minimum Gasteiger partial charge on any atom is -0.321 e. The van der Waals surface area contributed by atoms with Gasteiger partial charge in [0.1, 0.15) is 0 Å². The van der Waals surface area contributed by atoms with E-state index in [1.807, 2.05) is 12.1 Å². The molecular formula is C17H21N3O. The lowest BCUT2D eigenvalue weighted by Gasteiger charge is -2.23. The average molecular weight is 283 g/mol. The minimum atomic E-state index is -0.169. The van der Waals surface area contributed by atoms with Crippen molar-refractivity contribution in [3.8, 4) is 0 Å². The first-order chi connectivity index (χ1) is 9.82. The van der Waals surface area contributed by atoms with Crippen LogP contribution in [0.3, 0.4) is 0 Å². The summed E-state index contributed by atoms with van der Waals surface area (Å²) in [5.41, 5.74) is 3.40. The SMILES string of the molecule is C=Cc1c(NC(=O)c2cnn(C)c2)cccc1C(C)(C)C. The number of nitrogens with zero attached hydrogens (tertiary/aromatic N) is 2. The molecule has 21 heavy (non-hydrogen) atoms. The molecule has 4 heteroatoms. The van der Waals surface area contributed by atoms with Crippen LogP contribution in [-0.2, 0) is 12.5 Å². The standard InChI is InChI=1S/C17H21N3O/c1-6-13-14(17(2,3)4)8-7-9-15(13)19-16(21)12-10-18-20(5)11-12/h6-11H,1H2,2-5H3,(H,19,21). The Morgan fingerprint density at radius 1 is 1.38 bits per heavy atom. The molecule has 0 unspecified atom stereocenters. The van der Waals surface area contributed by atoms with E-state index in [9.17, 15) is 4.79 Å². The van der Waals surface area contributed by atoms with Crippen molar-refractivity contribution in [3.63, 3.8) is 0 Å². The number of hydrogen-bond acceptors (Lipinski definition) is 2. The number of benzene rings is 1. The second-order valence-electron chi connectivity index (χ2n) is 6.08. The van der Waals surface area contributed by atoms with Crippen molar-refractivity contribution in [2.75, 3.05) is 5.32 Å². The van der Waals surface area contributed by atoms with Gasteiger partial charge in [0.2, 0.25) is 0 Å². The number of rotatable bonds is 3. The Labute approximate surface area is 125 Å². The van der Waals surface area contributed by atoms with Gasteiger partial charge < -0.3 is 5.32 Å². The van der Waals surface area contributed by atoms with Crippen LogP contribution >= 0.6 is 0 Å². The van der Waals surface area contributed by atoms with Gasteiger partial charge in [-0.15, -0.1) is 0 Å². The molecule has 0 aliphatic carbocycles. The van der Waals surface area contributed by atoms with Crippen molar-refractivity contribution in [1.82, 2.24) is 9.78 Å². The van der Waals surface area contributed by atoms with E-state index < -0.39 is 0 Å². The number of nitrogens with one attached hydrogen (secondary N) is 1. The number of carbonyl (C=O) groups is 1. The Kier molecular flexibility index (Phi) is 3.98. The van der Waals surface area contributed by atoms with Crippen molar-refractivity contribution in [1.29, 1.82) is 0 Å². The van der Waals surface area contributed by atoms with Gasteiger partial charge in [-0.2, -0.15) is 5.10 Å². The van der Waals surface area contributed by atoms with Gasteiger partial charge in [0.15, 0.2) is 0 Å². The van der Waals surface area contributed by atoms with E-state index in [0.29, 0.717) is 5.56 Å². The van der Waals surface area contributed by atoms with Gasteiger partial charge in [-0.05, 0) is 17.0 Å². The molecule has 4 nitrogen and oxygen atoms in total. The maximum atomic E-state index is 12.3. The first-order valence-electron chi connectivity index (χ1n) is 6.89. The molecule has 1 N–H and O–H groups in total. The van der Waals surface area contributed by atoms with Crippen molar-refractivity contribution >= 4 is 17.7 Å². The predicted molar refractivity (Wildman–Crippen MR) is 86.4 cm³/mol. The number of carbonyl (C=O) groups excluding carboxylic acids is 1. The Morgan fingerprint density at radius 3 is 2.62 bits per heavy atom. The number of amides is 1. The van der Waals surface area contributed by atoms with Crippen LogP contribution in [-0.4, -0.2) is 15.7 Å². The summed E-state index contributed by atoms with van der Waals surface area (Å²) in [7, 11) is 1.78. The fourth-order valence-corrected chi connectivity index (χ4v) is 2.28. The Bertz CT molecular complexity index is 678. The molecule has 0 fully saturated rings. The summed E-state index contributed by atoms with van der Waals surface area (Å²) in [6, 6.07) is 5.91. The van der Waals surface area contributed by atoms with Crippen LogP contribution in [0.4, 0.5) is 5.69 Å². The summed E-state index contributed by atoms with van der Waals surface area (Å²) in [6.07, 6.45) is 5.03. The monoisotopic (exact) mass is 283 g/mol. The van der Waals surface area contributed by atoms with E-state index in [1.165, 1.54) is 0 Å². The molecule has 2 aromatic rings. The summed E-state index contributed by atoms with van der Waals surface area (Å²) < 4.78 is 1.61. The van der Waals surface area contributed by atoms with Crippen molar-refractivity contribution < 1.29 is 4.79 Å². The zero-order chi connectivity index (χ0) is 15.6. The second kappa shape index (κ2) is 5.56. The van der Waals surface area contributed by atoms with Crippen molar-refractivity contribution in [2.24, 2.45) is 7.05 Å². The van der Waals surface area contributed by atoms with Gasteiger partial charge in [-0.25, -0.2) is 0 Å². The van der Waals surface area contributed by atoms with Gasteiger partial charge in [-0.1, -0.05) is 45.6 Å². The van der Waals surface area contributed by atoms with Gasteiger partial charge in [0.25, 0.3) is 5.91 Å². The summed E-state index contributed by atoms with van der Waals surface area (Å²) in [5.74, 6) is -0.169. The first-order valence-corrected chi connectivity index (χ1v) is 6.89. The van der Waals surface area contributed by atoms with Crippen LogP contribution in [0, 0.1) is 0 Å². The highest BCUT2D eigenvalue weighted by atomic mass is 16.1. The molecule has 0 atom stereocenters. The van der Waals surface area contributed by atoms with Crippen LogP contribution in [0.25, 0.3) is 6.08 Å². The highest BCUT2D eigenvalue weighted by Gasteiger charge is 2.19. The average Bonchev–Trinajstić information content (AvgIpc) is 2.84. The van der Waals surface area contributed by atoms with Crippen LogP contribution in [0.1, 0.15) is 42.3 Å². The molecule has 0 saturated heterocycles. The molecular weight excluding hydrogens is 262 g/mol. The highest BCUT2D eigenvalue weighted by molar-refractivity contribution is 6.05. The number of aryl methyl sites for hydroxylation is 1. The van der Waals surface area contributed by atoms with Gasteiger partial charge in [-0.3, -0.25) is 9.48 Å². The third kappa shape index (κ3) is 3.21. The molecule has 0 radical (unpaired) electrons. The number of anilines is 1. The Morgan fingerprint density at radius 2 is 2.10 bits per heavy atom. The van der Waals surface area contributed by atoms with Gasteiger partial charge in [0.05, 0.1) is 11.8 Å². The van der Waals surface area contributed by atoms with Crippen molar-refractivity contribution in [3.05, 3.63) is 53.9 Å². The molecule has 1 aromatic carbocycles. The molecule has 0 bridgehead atoms. The molecule has 0 saturated carbocycles. The van der Waals surface area contributed by atoms with Gasteiger partial charge >= 0.3 is 0 Å². The summed E-state index contributed by atoms with van der Waals surface area (Å²) in [5, 5.41) is 6.95. The highest BCUT2D eigenvalue weighted by Crippen LogP contribution is 2.31. The largest absolute Gasteiger partial charge is 0.321 e. The summed E-state index contributed by atoms with van der Waals surface area (Å²) in [6.45, 7) is 10.3. The minimum absolute atomic E-state index is 0.0153. The fraction of sp³-hybridized carbons (Fsp3) is 0.294. The van der Waals surface area contributed by atoms with E-state index in [-0.39, 0.29) is 11.3 Å². The van der Waals surface area contributed by atoms with Crippen LogP contribution < -0.4 is 5.32 Å². The topological polar surface area (TPSA) is 46.9 Å². The summed E-state index contributed by atoms with van der Waals surface area (Å²) in [4.78, 5) is 12.3. The molecule has 1 heterocycles. The van der Waals surface area contributed by atoms with E-state index in [2.05, 4.69) is 43.8 Å². The van der Waals surface area contributed by atoms with Crippen LogP contribution in [0.5, 0.6) is 0 Å². The zero-order valence-electron chi connectivity index (χ0n) is 13.0. The van der Waals surface area contributed by atoms with Crippen LogP contribution in [0.15, 0.2) is 37.2 Å². The van der Waals surface area contributed by atoms with Gasteiger partial charge in [0, 0.05) is 24.5 Å². The normalized spacial score (nSPS) is 11.2. The zero-order valence-corrected chi connectivity index (χ0v) is 13.0. The molecule has 110 valence electrons. The van der Waals surface area contributed by atoms with E-state index in [0.717, 1.165) is 16.8 Å². The molecule has 0 spiro atoms. The Hall–Kier alpha value is -2.36. The molecule has 1 amide bonds. The Balaban J connectivity index is 2.36. The predicted octanol–water partition coefficient (Wildman–Crippen LogP) is 3.61. The molecule has 1 aromatic heterocycles. The lowest BCUT2D eigenvalue weighted by atomic mass is 9.83. The molecule has 0 aliphatic heterocycles. The molecule has 0 aliphatic rings. The second-order valence-corrected chi connectivity index (χ2v) is 6.08. The first kappa shape index (κ1) is 15.0. The third-order valence-corrected chi connectivity index (χ3v) is 3.33. The van der Waals surface area contributed by atoms with E-state index in [1.54, 1.807) is 30.2 Å². The van der Waals surface area contributed by atoms with E-state index in [4.69, 9.17) is 0 Å². The van der Waals surface area contributed by atoms with E-state index >= 15 is 0 Å². The smallest absolute Gasteiger partial charge is 0.258 e. The number of hydrogen-bond donors (Lipinski definition) is 1. The lowest BCUT2D eigenvalue weighted by Crippen LogP contribution is -2.17. The maximum absolute atomic E-state index is 12.3. The number of aromatic nitrogens is 2. The van der Waals surface area contributed by atoms with Crippen LogP contribution in [0.2, 0.25) is 0 Å². The third-order valence-electron chi connectivity index (χ3n) is 3.33. The maximum Gasteiger partial charge on any atom is 0.258 e. The fourth-order valence-electron chi connectivity index (χ4n) is 2.28. The molecule has 2 rings (SSSR count). The summed E-state index contributed by atoms with van der Waals surface area (Å²) >= 11 is 0. The quantitative estimate of drug-likeness (QED) is 0.935. The lowest BCUT2D eigenvalue weighted by molar-refractivity contribution is 0.102. The van der Waals surface area contributed by atoms with Crippen molar-refractivity contribution in [2.45, 2.75) is 26.2 Å².